The van der Waals surface area contributed by atoms with E-state index < -0.39 is 21.2 Å². The summed E-state index contributed by atoms with van der Waals surface area (Å²) in [7, 11) is -3.59. The van der Waals surface area contributed by atoms with Crippen molar-refractivity contribution in [3.8, 4) is 0 Å². The van der Waals surface area contributed by atoms with Gasteiger partial charge in [-0.2, -0.15) is 0 Å². The molecule has 0 fully saturated rings. The van der Waals surface area contributed by atoms with E-state index in [1.54, 1.807) is 19.9 Å². The van der Waals surface area contributed by atoms with Gasteiger partial charge in [0, 0.05) is 0 Å². The Bertz CT molecular complexity index is 1170. The van der Waals surface area contributed by atoms with E-state index in [-0.39, 0.29) is 38.2 Å². The molecule has 1 N–H and O–H groups in total. The van der Waals surface area contributed by atoms with E-state index in [9.17, 15) is 18.0 Å². The SMILES string of the molecule is CCCS(=O)(=O)c1cc(C)cc2c(=O)c3cc(C(=O)O)ccc3oc12. The Labute approximate surface area is 143 Å². The van der Waals surface area contributed by atoms with Crippen LogP contribution >= 0.6 is 0 Å². The van der Waals surface area contributed by atoms with Crippen LogP contribution in [-0.4, -0.2) is 25.2 Å². The second-order valence-electron chi connectivity index (χ2n) is 5.91. The van der Waals surface area contributed by atoms with Crippen LogP contribution in [0.3, 0.4) is 0 Å². The molecule has 1 aromatic heterocycles. The molecule has 0 amide bonds. The van der Waals surface area contributed by atoms with E-state index in [1.807, 2.05) is 0 Å². The Hall–Kier alpha value is -2.67. The summed E-state index contributed by atoms with van der Waals surface area (Å²) in [5, 5.41) is 9.33. The van der Waals surface area contributed by atoms with Crippen molar-refractivity contribution in [2.45, 2.75) is 25.2 Å². The number of aryl methyl sites for hydroxylation is 1. The maximum Gasteiger partial charge on any atom is 0.335 e. The lowest BCUT2D eigenvalue weighted by Crippen LogP contribution is -2.10. The highest BCUT2D eigenvalue weighted by Crippen LogP contribution is 2.28. The van der Waals surface area contributed by atoms with Crippen molar-refractivity contribution in [2.75, 3.05) is 5.75 Å². The van der Waals surface area contributed by atoms with Gasteiger partial charge in [-0.05, 0) is 49.2 Å². The van der Waals surface area contributed by atoms with Crippen molar-refractivity contribution in [1.29, 1.82) is 0 Å². The smallest absolute Gasteiger partial charge is 0.335 e. The van der Waals surface area contributed by atoms with Crippen LogP contribution < -0.4 is 5.43 Å². The number of aromatic carboxylic acids is 1. The zero-order valence-corrected chi connectivity index (χ0v) is 14.5. The molecule has 3 aromatic rings. The second kappa shape index (κ2) is 6.00. The highest BCUT2D eigenvalue weighted by Gasteiger charge is 2.22. The van der Waals surface area contributed by atoms with Crippen LogP contribution in [0.5, 0.6) is 0 Å². The summed E-state index contributed by atoms with van der Waals surface area (Å²) in [5.74, 6) is -1.21. The van der Waals surface area contributed by atoms with Gasteiger partial charge in [-0.1, -0.05) is 6.92 Å². The van der Waals surface area contributed by atoms with Gasteiger partial charge in [-0.3, -0.25) is 4.79 Å². The van der Waals surface area contributed by atoms with Crippen molar-refractivity contribution in [1.82, 2.24) is 0 Å². The Morgan fingerprint density at radius 2 is 1.88 bits per heavy atom. The summed E-state index contributed by atoms with van der Waals surface area (Å²) >= 11 is 0. The Morgan fingerprint density at radius 3 is 2.52 bits per heavy atom. The first-order valence-corrected chi connectivity index (χ1v) is 9.37. The predicted molar refractivity (Wildman–Crippen MR) is 94.0 cm³/mol. The van der Waals surface area contributed by atoms with Gasteiger partial charge in [-0.15, -0.1) is 0 Å². The molecule has 0 atom stereocenters. The molecule has 130 valence electrons. The molecule has 7 heteroatoms. The Balaban J connectivity index is 2.47. The van der Waals surface area contributed by atoms with Gasteiger partial charge in [0.25, 0.3) is 0 Å². The molecule has 6 nitrogen and oxygen atoms in total. The predicted octanol–water partition coefficient (Wildman–Crippen LogP) is 3.14. The number of fused-ring (bicyclic) bond motifs is 2. The summed E-state index contributed by atoms with van der Waals surface area (Å²) in [4.78, 5) is 23.9. The number of hydrogen-bond donors (Lipinski definition) is 1. The van der Waals surface area contributed by atoms with E-state index >= 15 is 0 Å². The topological polar surface area (TPSA) is 102 Å². The number of carboxylic acids is 1. The van der Waals surface area contributed by atoms with E-state index in [2.05, 4.69) is 0 Å². The molecular formula is C18H16O6S. The number of carboxylic acid groups (broad SMARTS) is 1. The van der Waals surface area contributed by atoms with Gasteiger partial charge in [0.1, 0.15) is 10.5 Å². The lowest BCUT2D eigenvalue weighted by molar-refractivity contribution is 0.0697. The van der Waals surface area contributed by atoms with Crippen LogP contribution in [-0.2, 0) is 9.84 Å². The molecule has 25 heavy (non-hydrogen) atoms. The van der Waals surface area contributed by atoms with Crippen molar-refractivity contribution < 1.29 is 22.7 Å². The minimum atomic E-state index is -3.59. The quantitative estimate of drug-likeness (QED) is 0.717. The zero-order chi connectivity index (χ0) is 18.4. The first kappa shape index (κ1) is 17.2. The third kappa shape index (κ3) is 2.91. The second-order valence-corrected chi connectivity index (χ2v) is 7.98. The van der Waals surface area contributed by atoms with Crippen LogP contribution in [0.4, 0.5) is 0 Å². The molecule has 0 spiro atoms. The lowest BCUT2D eigenvalue weighted by Gasteiger charge is -2.09. The fourth-order valence-corrected chi connectivity index (χ4v) is 4.36. The first-order chi connectivity index (χ1) is 11.7. The zero-order valence-electron chi connectivity index (χ0n) is 13.7. The summed E-state index contributed by atoms with van der Waals surface area (Å²) in [6.45, 7) is 3.45. The summed E-state index contributed by atoms with van der Waals surface area (Å²) in [6.07, 6.45) is 0.442. The minimum Gasteiger partial charge on any atom is -0.478 e. The van der Waals surface area contributed by atoms with Crippen LogP contribution in [0, 0.1) is 6.92 Å². The van der Waals surface area contributed by atoms with E-state index in [0.29, 0.717) is 12.0 Å². The lowest BCUT2D eigenvalue weighted by atomic mass is 10.1. The first-order valence-electron chi connectivity index (χ1n) is 7.72. The molecule has 1 heterocycles. The largest absolute Gasteiger partial charge is 0.478 e. The molecular weight excluding hydrogens is 344 g/mol. The van der Waals surface area contributed by atoms with Crippen molar-refractivity contribution in [3.05, 3.63) is 51.7 Å². The van der Waals surface area contributed by atoms with Crippen LogP contribution in [0.2, 0.25) is 0 Å². The molecule has 2 aromatic carbocycles. The number of carbonyl (C=O) groups is 1. The standard InChI is InChI=1S/C18H16O6S/c1-3-6-25(22,23)15-8-10(2)7-13-16(19)12-9-11(18(20)21)4-5-14(12)24-17(13)15/h4-5,7-9H,3,6H2,1-2H3,(H,20,21). The van der Waals surface area contributed by atoms with Crippen LogP contribution in [0.1, 0.15) is 29.3 Å². The van der Waals surface area contributed by atoms with Gasteiger partial charge in [0.2, 0.25) is 5.43 Å². The van der Waals surface area contributed by atoms with Gasteiger partial charge >= 0.3 is 5.97 Å². The fourth-order valence-electron chi connectivity index (χ4n) is 2.81. The highest BCUT2D eigenvalue weighted by atomic mass is 32.2. The summed E-state index contributed by atoms with van der Waals surface area (Å²) in [5.41, 5.74) is 0.295. The Kier molecular flexibility index (Phi) is 4.12. The van der Waals surface area contributed by atoms with Crippen molar-refractivity contribution in [2.24, 2.45) is 0 Å². The number of hydrogen-bond acceptors (Lipinski definition) is 5. The molecule has 0 aliphatic rings. The molecule has 3 rings (SSSR count). The highest BCUT2D eigenvalue weighted by molar-refractivity contribution is 7.91. The van der Waals surface area contributed by atoms with Crippen molar-refractivity contribution in [3.63, 3.8) is 0 Å². The van der Waals surface area contributed by atoms with Crippen molar-refractivity contribution >= 4 is 37.7 Å². The summed E-state index contributed by atoms with van der Waals surface area (Å²) < 4.78 is 30.8. The van der Waals surface area contributed by atoms with Crippen LogP contribution in [0.15, 0.2) is 44.4 Å². The van der Waals surface area contributed by atoms with Gasteiger partial charge in [0.05, 0.1) is 22.1 Å². The molecule has 0 unspecified atom stereocenters. The number of sulfone groups is 1. The normalized spacial score (nSPS) is 11.9. The van der Waals surface area contributed by atoms with Gasteiger partial charge in [-0.25, -0.2) is 13.2 Å². The number of rotatable bonds is 4. The summed E-state index contributed by atoms with van der Waals surface area (Å²) in [6, 6.07) is 6.97. The molecule has 0 aliphatic heterocycles. The minimum absolute atomic E-state index is 0.00865. The Morgan fingerprint density at radius 1 is 1.16 bits per heavy atom. The van der Waals surface area contributed by atoms with E-state index in [4.69, 9.17) is 9.52 Å². The van der Waals surface area contributed by atoms with Crippen LogP contribution in [0.25, 0.3) is 21.9 Å². The molecule has 0 saturated heterocycles. The molecule has 0 aliphatic carbocycles. The average molecular weight is 360 g/mol. The maximum absolute atomic E-state index is 12.8. The number of benzene rings is 2. The van der Waals surface area contributed by atoms with E-state index in [1.165, 1.54) is 24.3 Å². The average Bonchev–Trinajstić information content (AvgIpc) is 2.54. The third-order valence-electron chi connectivity index (χ3n) is 3.93. The monoisotopic (exact) mass is 360 g/mol. The van der Waals surface area contributed by atoms with Gasteiger partial charge < -0.3 is 9.52 Å². The fraction of sp³-hybridized carbons (Fsp3) is 0.222. The molecule has 0 bridgehead atoms. The molecule has 0 saturated carbocycles. The molecule has 0 radical (unpaired) electrons. The van der Waals surface area contributed by atoms with Gasteiger partial charge in [0.15, 0.2) is 15.4 Å². The van der Waals surface area contributed by atoms with E-state index in [0.717, 1.165) is 0 Å². The maximum atomic E-state index is 12.8. The third-order valence-corrected chi connectivity index (χ3v) is 5.85.